The zero-order valence-corrected chi connectivity index (χ0v) is 12.4. The van der Waals surface area contributed by atoms with Crippen molar-refractivity contribution in [2.75, 3.05) is 0 Å². The van der Waals surface area contributed by atoms with Crippen molar-refractivity contribution in [3.05, 3.63) is 42.1 Å². The average Bonchev–Trinajstić information content (AvgIpc) is 2.36. The van der Waals surface area contributed by atoms with E-state index < -0.39 is 0 Å². The van der Waals surface area contributed by atoms with Crippen molar-refractivity contribution in [1.82, 2.24) is 10.3 Å². The van der Waals surface area contributed by atoms with Crippen LogP contribution in [0.25, 0.3) is 10.9 Å². The Labute approximate surface area is 120 Å². The minimum absolute atomic E-state index is 0.125. The summed E-state index contributed by atoms with van der Waals surface area (Å²) in [5.41, 5.74) is 2.13. The van der Waals surface area contributed by atoms with Gasteiger partial charge in [-0.05, 0) is 57.4 Å². The molecule has 1 N–H and O–H groups in total. The van der Waals surface area contributed by atoms with Gasteiger partial charge < -0.3 is 5.32 Å². The summed E-state index contributed by atoms with van der Waals surface area (Å²) >= 11 is 0. The summed E-state index contributed by atoms with van der Waals surface area (Å²) in [6.07, 6.45) is 4.16. The van der Waals surface area contributed by atoms with Gasteiger partial charge in [0.05, 0.1) is 5.52 Å². The van der Waals surface area contributed by atoms with Gasteiger partial charge in [-0.25, -0.2) is 0 Å². The number of nitrogens with zero attached hydrogens (tertiary/aromatic N) is 1. The van der Waals surface area contributed by atoms with Gasteiger partial charge in [0.25, 0.3) is 0 Å². The van der Waals surface area contributed by atoms with Crippen LogP contribution in [0.4, 0.5) is 0 Å². The Morgan fingerprint density at radius 1 is 1.25 bits per heavy atom. The second-order valence-corrected chi connectivity index (χ2v) is 6.18. The third kappa shape index (κ3) is 4.34. The molecule has 0 aliphatic rings. The number of hydrogen-bond donors (Lipinski definition) is 1. The molecule has 0 bridgehead atoms. The van der Waals surface area contributed by atoms with Crippen LogP contribution in [0, 0.1) is 0 Å². The molecule has 20 heavy (non-hydrogen) atoms. The SMILES string of the molecule is CC(C)(C)NC(=O)CCCc1ccc2ncccc2c1. The van der Waals surface area contributed by atoms with Crippen LogP contribution in [-0.4, -0.2) is 16.4 Å². The van der Waals surface area contributed by atoms with Crippen LogP contribution < -0.4 is 5.32 Å². The van der Waals surface area contributed by atoms with Crippen molar-refractivity contribution in [1.29, 1.82) is 0 Å². The first-order chi connectivity index (χ1) is 9.44. The van der Waals surface area contributed by atoms with Crippen molar-refractivity contribution in [3.8, 4) is 0 Å². The summed E-state index contributed by atoms with van der Waals surface area (Å²) in [7, 11) is 0. The maximum atomic E-state index is 11.7. The van der Waals surface area contributed by atoms with E-state index in [-0.39, 0.29) is 11.4 Å². The van der Waals surface area contributed by atoms with Gasteiger partial charge in [-0.3, -0.25) is 9.78 Å². The number of pyridine rings is 1. The number of amides is 1. The van der Waals surface area contributed by atoms with E-state index in [1.807, 2.05) is 32.9 Å². The fraction of sp³-hybridized carbons (Fsp3) is 0.412. The van der Waals surface area contributed by atoms with E-state index in [0.717, 1.165) is 23.7 Å². The first-order valence-corrected chi connectivity index (χ1v) is 7.09. The average molecular weight is 270 g/mol. The van der Waals surface area contributed by atoms with Gasteiger partial charge in [0, 0.05) is 23.5 Å². The summed E-state index contributed by atoms with van der Waals surface area (Å²) in [5.74, 6) is 0.125. The molecular weight excluding hydrogens is 248 g/mol. The standard InChI is InChI=1S/C17H22N2O/c1-17(2,3)19-16(20)8-4-6-13-9-10-15-14(12-13)7-5-11-18-15/h5,7,9-12H,4,6,8H2,1-3H3,(H,19,20). The number of fused-ring (bicyclic) bond motifs is 1. The molecule has 0 fully saturated rings. The van der Waals surface area contributed by atoms with Gasteiger partial charge in [0.2, 0.25) is 5.91 Å². The largest absolute Gasteiger partial charge is 0.352 e. The topological polar surface area (TPSA) is 42.0 Å². The maximum Gasteiger partial charge on any atom is 0.220 e. The van der Waals surface area contributed by atoms with Crippen LogP contribution in [0.15, 0.2) is 36.5 Å². The van der Waals surface area contributed by atoms with Crippen molar-refractivity contribution in [2.45, 2.75) is 45.6 Å². The molecule has 1 amide bonds. The van der Waals surface area contributed by atoms with E-state index in [1.165, 1.54) is 5.56 Å². The van der Waals surface area contributed by atoms with E-state index in [2.05, 4.69) is 28.5 Å². The molecule has 0 spiro atoms. The van der Waals surface area contributed by atoms with Gasteiger partial charge in [0.1, 0.15) is 0 Å². The molecule has 0 saturated carbocycles. The van der Waals surface area contributed by atoms with Crippen LogP contribution >= 0.6 is 0 Å². The highest BCUT2D eigenvalue weighted by atomic mass is 16.1. The third-order valence-corrected chi connectivity index (χ3v) is 3.05. The fourth-order valence-corrected chi connectivity index (χ4v) is 2.21. The number of benzene rings is 1. The molecule has 2 rings (SSSR count). The number of aromatic nitrogens is 1. The van der Waals surface area contributed by atoms with Crippen LogP contribution in [-0.2, 0) is 11.2 Å². The van der Waals surface area contributed by atoms with Crippen LogP contribution in [0.3, 0.4) is 0 Å². The molecule has 3 nitrogen and oxygen atoms in total. The molecule has 0 saturated heterocycles. The zero-order valence-electron chi connectivity index (χ0n) is 12.4. The highest BCUT2D eigenvalue weighted by Crippen LogP contribution is 2.15. The lowest BCUT2D eigenvalue weighted by Crippen LogP contribution is -2.40. The molecule has 2 aromatic rings. The van der Waals surface area contributed by atoms with E-state index >= 15 is 0 Å². The number of carbonyl (C=O) groups excluding carboxylic acids is 1. The number of aryl methyl sites for hydroxylation is 1. The van der Waals surface area contributed by atoms with Gasteiger partial charge in [-0.1, -0.05) is 12.1 Å². The van der Waals surface area contributed by atoms with Crippen molar-refractivity contribution in [2.24, 2.45) is 0 Å². The molecule has 1 heterocycles. The molecule has 106 valence electrons. The minimum Gasteiger partial charge on any atom is -0.352 e. The van der Waals surface area contributed by atoms with E-state index in [9.17, 15) is 4.79 Å². The number of nitrogens with one attached hydrogen (secondary N) is 1. The molecular formula is C17H22N2O. The summed E-state index contributed by atoms with van der Waals surface area (Å²) in [5, 5.41) is 4.14. The molecule has 0 radical (unpaired) electrons. The Bertz CT molecular complexity index is 599. The Morgan fingerprint density at radius 3 is 2.80 bits per heavy atom. The lowest BCUT2D eigenvalue weighted by Gasteiger charge is -2.20. The zero-order chi connectivity index (χ0) is 14.6. The summed E-state index contributed by atoms with van der Waals surface area (Å²) < 4.78 is 0. The maximum absolute atomic E-state index is 11.7. The van der Waals surface area contributed by atoms with Gasteiger partial charge in [0.15, 0.2) is 0 Å². The Hall–Kier alpha value is -1.90. The lowest BCUT2D eigenvalue weighted by atomic mass is 10.0. The van der Waals surface area contributed by atoms with E-state index in [1.54, 1.807) is 6.20 Å². The fourth-order valence-electron chi connectivity index (χ4n) is 2.21. The smallest absolute Gasteiger partial charge is 0.220 e. The van der Waals surface area contributed by atoms with Gasteiger partial charge >= 0.3 is 0 Å². The van der Waals surface area contributed by atoms with E-state index in [0.29, 0.717) is 6.42 Å². The monoisotopic (exact) mass is 270 g/mol. The Kier molecular flexibility index (Phi) is 4.38. The van der Waals surface area contributed by atoms with Crippen LogP contribution in [0.1, 0.15) is 39.2 Å². The van der Waals surface area contributed by atoms with Crippen molar-refractivity contribution in [3.63, 3.8) is 0 Å². The summed E-state index contributed by atoms with van der Waals surface area (Å²) in [4.78, 5) is 16.0. The minimum atomic E-state index is -0.147. The highest BCUT2D eigenvalue weighted by Gasteiger charge is 2.12. The molecule has 0 aliphatic heterocycles. The highest BCUT2D eigenvalue weighted by molar-refractivity contribution is 5.79. The van der Waals surface area contributed by atoms with E-state index in [4.69, 9.17) is 0 Å². The third-order valence-electron chi connectivity index (χ3n) is 3.05. The predicted octanol–water partition coefficient (Wildman–Crippen LogP) is 3.47. The predicted molar refractivity (Wildman–Crippen MR) is 82.6 cm³/mol. The van der Waals surface area contributed by atoms with Crippen LogP contribution in [0.2, 0.25) is 0 Å². The molecule has 0 atom stereocenters. The molecule has 1 aromatic heterocycles. The first-order valence-electron chi connectivity index (χ1n) is 7.09. The Morgan fingerprint density at radius 2 is 2.05 bits per heavy atom. The van der Waals surface area contributed by atoms with Crippen molar-refractivity contribution < 1.29 is 4.79 Å². The summed E-state index contributed by atoms with van der Waals surface area (Å²) in [6.45, 7) is 6.00. The molecule has 1 aromatic carbocycles. The number of carbonyl (C=O) groups is 1. The summed E-state index contributed by atoms with van der Waals surface area (Å²) in [6, 6.07) is 10.3. The number of rotatable bonds is 4. The van der Waals surface area contributed by atoms with Crippen molar-refractivity contribution >= 4 is 16.8 Å². The van der Waals surface area contributed by atoms with Gasteiger partial charge in [-0.15, -0.1) is 0 Å². The normalized spacial score (nSPS) is 11.6. The lowest BCUT2D eigenvalue weighted by molar-refractivity contribution is -0.122. The first kappa shape index (κ1) is 14.5. The quantitative estimate of drug-likeness (QED) is 0.924. The molecule has 3 heteroatoms. The molecule has 0 unspecified atom stereocenters. The van der Waals surface area contributed by atoms with Crippen LogP contribution in [0.5, 0.6) is 0 Å². The Balaban J connectivity index is 1.88. The molecule has 0 aliphatic carbocycles. The second-order valence-electron chi connectivity index (χ2n) is 6.18. The van der Waals surface area contributed by atoms with Gasteiger partial charge in [-0.2, -0.15) is 0 Å². The second kappa shape index (κ2) is 6.04. The number of hydrogen-bond acceptors (Lipinski definition) is 2.